The van der Waals surface area contributed by atoms with E-state index in [-0.39, 0.29) is 6.04 Å². The van der Waals surface area contributed by atoms with E-state index in [4.69, 9.17) is 10.5 Å². The first-order valence-electron chi connectivity index (χ1n) is 4.20. The van der Waals surface area contributed by atoms with Gasteiger partial charge in [0, 0.05) is 33.1 Å². The van der Waals surface area contributed by atoms with E-state index in [1.165, 1.54) is 0 Å². The molecule has 0 radical (unpaired) electrons. The van der Waals surface area contributed by atoms with Crippen molar-refractivity contribution >= 4 is 5.95 Å². The highest BCUT2D eigenvalue weighted by Crippen LogP contribution is 2.02. The van der Waals surface area contributed by atoms with Crippen LogP contribution in [0.4, 0.5) is 5.95 Å². The van der Waals surface area contributed by atoms with Crippen LogP contribution in [0.5, 0.6) is 0 Å². The number of nitrogens with zero attached hydrogens (tertiary/aromatic N) is 2. The van der Waals surface area contributed by atoms with Gasteiger partial charge in [0.2, 0.25) is 5.95 Å². The van der Waals surface area contributed by atoms with Gasteiger partial charge in [-0.25, -0.2) is 4.98 Å². The number of ether oxygens (including phenoxy) is 1. The number of rotatable bonds is 5. The van der Waals surface area contributed by atoms with E-state index in [0.717, 1.165) is 5.95 Å². The van der Waals surface area contributed by atoms with Crippen LogP contribution >= 0.6 is 0 Å². The molecule has 1 atom stereocenters. The fraction of sp³-hybridized carbons (Fsp3) is 0.625. The van der Waals surface area contributed by atoms with E-state index in [1.807, 2.05) is 17.8 Å². The van der Waals surface area contributed by atoms with E-state index in [2.05, 4.69) is 10.3 Å². The van der Waals surface area contributed by atoms with Crippen LogP contribution in [0.15, 0.2) is 12.4 Å². The zero-order chi connectivity index (χ0) is 9.68. The molecule has 0 amide bonds. The van der Waals surface area contributed by atoms with Gasteiger partial charge in [-0.15, -0.1) is 0 Å². The van der Waals surface area contributed by atoms with Gasteiger partial charge in [0.05, 0.1) is 12.6 Å². The zero-order valence-electron chi connectivity index (χ0n) is 8.03. The lowest BCUT2D eigenvalue weighted by Crippen LogP contribution is -2.34. The molecule has 1 aromatic rings. The monoisotopic (exact) mass is 184 g/mol. The van der Waals surface area contributed by atoms with E-state index in [0.29, 0.717) is 13.2 Å². The SMILES string of the molecule is COCC(CN)Nc1nccn1C. The van der Waals surface area contributed by atoms with Gasteiger partial charge in [-0.2, -0.15) is 0 Å². The molecule has 0 aromatic carbocycles. The Kier molecular flexibility index (Phi) is 3.72. The number of hydrogen-bond acceptors (Lipinski definition) is 4. The number of aryl methyl sites for hydroxylation is 1. The summed E-state index contributed by atoms with van der Waals surface area (Å²) in [5, 5.41) is 3.18. The largest absolute Gasteiger partial charge is 0.383 e. The van der Waals surface area contributed by atoms with E-state index >= 15 is 0 Å². The van der Waals surface area contributed by atoms with Crippen LogP contribution in [0.25, 0.3) is 0 Å². The van der Waals surface area contributed by atoms with E-state index in [9.17, 15) is 0 Å². The molecule has 1 unspecified atom stereocenters. The van der Waals surface area contributed by atoms with Crippen molar-refractivity contribution in [2.24, 2.45) is 12.8 Å². The van der Waals surface area contributed by atoms with Gasteiger partial charge in [-0.3, -0.25) is 0 Å². The molecule has 1 rings (SSSR count). The van der Waals surface area contributed by atoms with Crippen molar-refractivity contribution in [3.63, 3.8) is 0 Å². The molecule has 3 N–H and O–H groups in total. The summed E-state index contributed by atoms with van der Waals surface area (Å²) in [7, 11) is 3.58. The van der Waals surface area contributed by atoms with Crippen molar-refractivity contribution in [1.82, 2.24) is 9.55 Å². The number of anilines is 1. The number of imidazole rings is 1. The highest BCUT2D eigenvalue weighted by atomic mass is 16.5. The quantitative estimate of drug-likeness (QED) is 0.665. The Bertz CT molecular complexity index is 248. The van der Waals surface area contributed by atoms with Crippen molar-refractivity contribution in [2.75, 3.05) is 25.6 Å². The second kappa shape index (κ2) is 4.84. The van der Waals surface area contributed by atoms with Crippen LogP contribution in [-0.2, 0) is 11.8 Å². The second-order valence-electron chi connectivity index (χ2n) is 2.89. The van der Waals surface area contributed by atoms with Gasteiger partial charge in [-0.05, 0) is 0 Å². The molecule has 1 aromatic heterocycles. The van der Waals surface area contributed by atoms with Crippen molar-refractivity contribution < 1.29 is 4.74 Å². The Morgan fingerprint density at radius 1 is 1.77 bits per heavy atom. The van der Waals surface area contributed by atoms with Crippen LogP contribution < -0.4 is 11.1 Å². The second-order valence-corrected chi connectivity index (χ2v) is 2.89. The molecule has 1 heterocycles. The molecule has 5 heteroatoms. The minimum Gasteiger partial charge on any atom is -0.383 e. The average molecular weight is 184 g/mol. The van der Waals surface area contributed by atoms with Gasteiger partial charge in [0.15, 0.2) is 0 Å². The van der Waals surface area contributed by atoms with Gasteiger partial charge in [0.25, 0.3) is 0 Å². The average Bonchev–Trinajstić information content (AvgIpc) is 2.51. The first-order chi connectivity index (χ1) is 6.27. The van der Waals surface area contributed by atoms with Crippen LogP contribution in [-0.4, -0.2) is 35.9 Å². The van der Waals surface area contributed by atoms with Crippen molar-refractivity contribution in [2.45, 2.75) is 6.04 Å². The normalized spacial score (nSPS) is 12.8. The smallest absolute Gasteiger partial charge is 0.202 e. The molecular formula is C8H16N4O. The molecule has 0 saturated carbocycles. The van der Waals surface area contributed by atoms with E-state index < -0.39 is 0 Å². The Morgan fingerprint density at radius 2 is 2.54 bits per heavy atom. The lowest BCUT2D eigenvalue weighted by Gasteiger charge is -2.16. The summed E-state index contributed by atoms with van der Waals surface area (Å²) in [6.45, 7) is 1.12. The number of methoxy groups -OCH3 is 1. The lowest BCUT2D eigenvalue weighted by molar-refractivity contribution is 0.187. The fourth-order valence-corrected chi connectivity index (χ4v) is 1.06. The number of aromatic nitrogens is 2. The summed E-state index contributed by atoms with van der Waals surface area (Å²) < 4.78 is 6.91. The standard InChI is InChI=1S/C8H16N4O/c1-12-4-3-10-8(12)11-7(5-9)6-13-2/h3-4,7H,5-6,9H2,1-2H3,(H,10,11). The maximum atomic E-state index is 5.55. The Morgan fingerprint density at radius 3 is 3.00 bits per heavy atom. The Labute approximate surface area is 77.9 Å². The molecule has 0 aliphatic heterocycles. The molecular weight excluding hydrogens is 168 g/mol. The minimum atomic E-state index is 0.117. The van der Waals surface area contributed by atoms with Crippen LogP contribution in [0.2, 0.25) is 0 Å². The molecule has 0 spiro atoms. The zero-order valence-corrected chi connectivity index (χ0v) is 8.03. The topological polar surface area (TPSA) is 65.1 Å². The predicted octanol–water partition coefficient (Wildman–Crippen LogP) is -0.194. The van der Waals surface area contributed by atoms with Crippen LogP contribution in [0.3, 0.4) is 0 Å². The third kappa shape index (κ3) is 2.71. The Hall–Kier alpha value is -1.07. The summed E-state index contributed by atoms with van der Waals surface area (Å²) in [5.74, 6) is 0.813. The highest BCUT2D eigenvalue weighted by molar-refractivity contribution is 5.27. The lowest BCUT2D eigenvalue weighted by atomic mass is 10.3. The van der Waals surface area contributed by atoms with Gasteiger partial charge in [0.1, 0.15) is 0 Å². The maximum absolute atomic E-state index is 5.55. The molecule has 13 heavy (non-hydrogen) atoms. The van der Waals surface area contributed by atoms with Crippen molar-refractivity contribution in [3.8, 4) is 0 Å². The third-order valence-electron chi connectivity index (χ3n) is 1.81. The number of hydrogen-bond donors (Lipinski definition) is 2. The first-order valence-corrected chi connectivity index (χ1v) is 4.20. The maximum Gasteiger partial charge on any atom is 0.202 e. The molecule has 0 saturated heterocycles. The number of nitrogens with one attached hydrogen (secondary N) is 1. The summed E-state index contributed by atoms with van der Waals surface area (Å²) in [4.78, 5) is 4.13. The molecule has 0 bridgehead atoms. The first kappa shape index (κ1) is 10.0. The number of nitrogens with two attached hydrogens (primary N) is 1. The van der Waals surface area contributed by atoms with Gasteiger partial charge >= 0.3 is 0 Å². The van der Waals surface area contributed by atoms with E-state index in [1.54, 1.807) is 13.3 Å². The summed E-state index contributed by atoms with van der Waals surface area (Å²) in [5.41, 5.74) is 5.55. The molecule has 0 aliphatic carbocycles. The molecule has 74 valence electrons. The van der Waals surface area contributed by atoms with Gasteiger partial charge in [-0.1, -0.05) is 0 Å². The Balaban J connectivity index is 2.51. The molecule has 5 nitrogen and oxygen atoms in total. The summed E-state index contributed by atoms with van der Waals surface area (Å²) in [6.07, 6.45) is 3.62. The highest BCUT2D eigenvalue weighted by Gasteiger charge is 2.07. The molecule has 0 fully saturated rings. The summed E-state index contributed by atoms with van der Waals surface area (Å²) in [6, 6.07) is 0.117. The summed E-state index contributed by atoms with van der Waals surface area (Å²) >= 11 is 0. The fourth-order valence-electron chi connectivity index (χ4n) is 1.06. The van der Waals surface area contributed by atoms with Crippen LogP contribution in [0, 0.1) is 0 Å². The molecule has 0 aliphatic rings. The minimum absolute atomic E-state index is 0.117. The van der Waals surface area contributed by atoms with Crippen LogP contribution in [0.1, 0.15) is 0 Å². The predicted molar refractivity (Wildman–Crippen MR) is 51.5 cm³/mol. The van der Waals surface area contributed by atoms with Gasteiger partial charge < -0.3 is 20.4 Å². The van der Waals surface area contributed by atoms with Crippen molar-refractivity contribution in [3.05, 3.63) is 12.4 Å². The van der Waals surface area contributed by atoms with Crippen molar-refractivity contribution in [1.29, 1.82) is 0 Å². The third-order valence-corrected chi connectivity index (χ3v) is 1.81.